The molecule has 1 unspecified atom stereocenters. The van der Waals surface area contributed by atoms with Gasteiger partial charge in [0.05, 0.1) is 17.2 Å². The Balaban J connectivity index is 1.88. The van der Waals surface area contributed by atoms with Crippen LogP contribution in [0.3, 0.4) is 0 Å². The lowest BCUT2D eigenvalue weighted by molar-refractivity contribution is -0.384. The molecule has 1 N–H and O–H groups in total. The number of fused-ring (bicyclic) bond motifs is 2. The number of rotatable bonds is 2. The molecular formula is C19H18N4O5. The highest BCUT2D eigenvalue weighted by molar-refractivity contribution is 6.14. The molecule has 2 aromatic rings. The number of ether oxygens (including phenoxy) is 2. The van der Waals surface area contributed by atoms with E-state index in [4.69, 9.17) is 9.47 Å². The van der Waals surface area contributed by atoms with Crippen molar-refractivity contribution in [3.8, 4) is 11.5 Å². The van der Waals surface area contributed by atoms with E-state index in [0.717, 1.165) is 11.1 Å². The van der Waals surface area contributed by atoms with E-state index in [1.54, 1.807) is 19.2 Å². The first kappa shape index (κ1) is 17.8. The Bertz CT molecular complexity index is 987. The Morgan fingerprint density at radius 2 is 1.93 bits per heavy atom. The van der Waals surface area contributed by atoms with Crippen molar-refractivity contribution in [3.63, 3.8) is 0 Å². The Kier molecular flexibility index (Phi) is 4.34. The monoisotopic (exact) mass is 382 g/mol. The van der Waals surface area contributed by atoms with Crippen molar-refractivity contribution in [1.82, 2.24) is 10.3 Å². The Morgan fingerprint density at radius 3 is 2.57 bits per heavy atom. The van der Waals surface area contributed by atoms with Gasteiger partial charge in [0.25, 0.3) is 5.69 Å². The first-order valence-electron chi connectivity index (χ1n) is 8.74. The van der Waals surface area contributed by atoms with E-state index in [2.05, 4.69) is 10.4 Å². The zero-order chi connectivity index (χ0) is 19.8. The lowest BCUT2D eigenvalue weighted by Gasteiger charge is -2.19. The van der Waals surface area contributed by atoms with Gasteiger partial charge in [-0.05, 0) is 29.8 Å². The molecule has 0 bridgehead atoms. The third kappa shape index (κ3) is 3.00. The predicted octanol–water partition coefficient (Wildman–Crippen LogP) is 2.83. The van der Waals surface area contributed by atoms with E-state index in [9.17, 15) is 14.9 Å². The van der Waals surface area contributed by atoms with Crippen LogP contribution >= 0.6 is 0 Å². The molecule has 9 nitrogen and oxygen atoms in total. The summed E-state index contributed by atoms with van der Waals surface area (Å²) >= 11 is 0. The summed E-state index contributed by atoms with van der Waals surface area (Å²) in [6, 6.07) is 9.52. The van der Waals surface area contributed by atoms with Crippen molar-refractivity contribution < 1.29 is 19.2 Å². The Hall–Kier alpha value is -3.62. The van der Waals surface area contributed by atoms with Gasteiger partial charge in [-0.15, -0.1) is 0 Å². The standard InChI is InChI=1S/C19H18N4O5/c1-11-9-22(19(24)20-2)21-18(12-3-5-13(6-4-12)23(25)26)15-8-17-16(7-14(11)15)27-10-28-17/h3-8,11H,9-10H2,1-2H3,(H,20,24). The van der Waals surface area contributed by atoms with Crippen molar-refractivity contribution in [2.45, 2.75) is 12.8 Å². The number of carbonyl (C=O) groups excluding carboxylic acids is 1. The largest absolute Gasteiger partial charge is 0.454 e. The number of urea groups is 1. The van der Waals surface area contributed by atoms with Crippen LogP contribution in [0.1, 0.15) is 29.5 Å². The van der Waals surface area contributed by atoms with Crippen LogP contribution in [-0.2, 0) is 0 Å². The van der Waals surface area contributed by atoms with Crippen molar-refractivity contribution in [2.24, 2.45) is 5.10 Å². The SMILES string of the molecule is CNC(=O)N1CC(C)c2cc3c(cc2C(c2ccc([N+](=O)[O-])cc2)=N1)OCO3. The number of nitro groups is 1. The van der Waals surface area contributed by atoms with E-state index in [1.165, 1.54) is 17.1 Å². The molecule has 1 atom stereocenters. The summed E-state index contributed by atoms with van der Waals surface area (Å²) in [6.07, 6.45) is 0. The number of hydrogen-bond donors (Lipinski definition) is 1. The minimum absolute atomic E-state index is 0.0129. The second kappa shape index (κ2) is 6.84. The molecule has 0 aromatic heterocycles. The van der Waals surface area contributed by atoms with Crippen LogP contribution in [0.15, 0.2) is 41.5 Å². The van der Waals surface area contributed by atoms with Crippen LogP contribution in [0.2, 0.25) is 0 Å². The quantitative estimate of drug-likeness (QED) is 0.635. The van der Waals surface area contributed by atoms with Crippen LogP contribution in [0, 0.1) is 10.1 Å². The third-order valence-corrected chi connectivity index (χ3v) is 4.80. The topological polar surface area (TPSA) is 106 Å². The van der Waals surface area contributed by atoms with Gasteiger partial charge in [-0.2, -0.15) is 5.10 Å². The summed E-state index contributed by atoms with van der Waals surface area (Å²) in [5.41, 5.74) is 2.95. The summed E-state index contributed by atoms with van der Waals surface area (Å²) in [4.78, 5) is 22.8. The minimum Gasteiger partial charge on any atom is -0.454 e. The number of amides is 2. The van der Waals surface area contributed by atoms with Gasteiger partial charge in [0.15, 0.2) is 11.5 Å². The van der Waals surface area contributed by atoms with Gasteiger partial charge in [0.2, 0.25) is 6.79 Å². The highest BCUT2D eigenvalue weighted by atomic mass is 16.7. The molecule has 28 heavy (non-hydrogen) atoms. The molecule has 0 saturated carbocycles. The highest BCUT2D eigenvalue weighted by Crippen LogP contribution is 2.39. The number of non-ortho nitro benzene ring substituents is 1. The number of benzene rings is 2. The van der Waals surface area contributed by atoms with Crippen LogP contribution < -0.4 is 14.8 Å². The smallest absolute Gasteiger partial charge is 0.337 e. The number of hydrazone groups is 1. The number of carbonyl (C=O) groups is 1. The second-order valence-corrected chi connectivity index (χ2v) is 6.58. The molecule has 2 heterocycles. The molecule has 0 radical (unpaired) electrons. The maximum atomic E-state index is 12.3. The van der Waals surface area contributed by atoms with E-state index in [-0.39, 0.29) is 24.4 Å². The third-order valence-electron chi connectivity index (χ3n) is 4.80. The maximum Gasteiger partial charge on any atom is 0.337 e. The summed E-state index contributed by atoms with van der Waals surface area (Å²) < 4.78 is 11.0. The van der Waals surface area contributed by atoms with E-state index < -0.39 is 4.92 Å². The second-order valence-electron chi connectivity index (χ2n) is 6.58. The fourth-order valence-corrected chi connectivity index (χ4v) is 3.36. The zero-order valence-corrected chi connectivity index (χ0v) is 15.3. The molecule has 0 saturated heterocycles. The zero-order valence-electron chi connectivity index (χ0n) is 15.3. The summed E-state index contributed by atoms with van der Waals surface area (Å²) in [5.74, 6) is 1.25. The van der Waals surface area contributed by atoms with Crippen molar-refractivity contribution in [2.75, 3.05) is 20.4 Å². The Labute approximate surface area is 160 Å². The Morgan fingerprint density at radius 1 is 1.25 bits per heavy atom. The predicted molar refractivity (Wildman–Crippen MR) is 101 cm³/mol. The lowest BCUT2D eigenvalue weighted by Crippen LogP contribution is -2.36. The minimum atomic E-state index is -0.455. The van der Waals surface area contributed by atoms with Gasteiger partial charge >= 0.3 is 6.03 Å². The summed E-state index contributed by atoms with van der Waals surface area (Å²) in [6.45, 7) is 2.54. The van der Waals surface area contributed by atoms with Crippen molar-refractivity contribution in [3.05, 3.63) is 63.2 Å². The highest BCUT2D eigenvalue weighted by Gasteiger charge is 2.29. The van der Waals surface area contributed by atoms with Gasteiger partial charge in [-0.1, -0.05) is 6.92 Å². The van der Waals surface area contributed by atoms with Crippen LogP contribution in [0.4, 0.5) is 10.5 Å². The molecular weight excluding hydrogens is 364 g/mol. The van der Waals surface area contributed by atoms with Crippen molar-refractivity contribution in [1.29, 1.82) is 0 Å². The average Bonchev–Trinajstić information content (AvgIpc) is 3.11. The fraction of sp³-hybridized carbons (Fsp3) is 0.263. The molecule has 2 aromatic carbocycles. The molecule has 9 heteroatoms. The van der Waals surface area contributed by atoms with Crippen molar-refractivity contribution >= 4 is 17.4 Å². The van der Waals surface area contributed by atoms with E-state index >= 15 is 0 Å². The summed E-state index contributed by atoms with van der Waals surface area (Å²) in [7, 11) is 1.54. The molecule has 0 aliphatic carbocycles. The first-order chi connectivity index (χ1) is 13.5. The lowest BCUT2D eigenvalue weighted by atomic mass is 9.90. The number of nitrogens with zero attached hydrogens (tertiary/aromatic N) is 3. The first-order valence-corrected chi connectivity index (χ1v) is 8.74. The van der Waals surface area contributed by atoms with Gasteiger partial charge in [-0.25, -0.2) is 9.80 Å². The molecule has 0 spiro atoms. The van der Waals surface area contributed by atoms with Gasteiger partial charge in [0.1, 0.15) is 0 Å². The number of nitrogens with one attached hydrogen (secondary N) is 1. The molecule has 2 aliphatic rings. The average molecular weight is 382 g/mol. The van der Waals surface area contributed by atoms with E-state index in [0.29, 0.717) is 29.3 Å². The number of nitro benzene ring substituents is 1. The fourth-order valence-electron chi connectivity index (χ4n) is 3.36. The van der Waals surface area contributed by atoms with Gasteiger partial charge in [0, 0.05) is 36.2 Å². The molecule has 2 aliphatic heterocycles. The normalized spacial score (nSPS) is 17.4. The van der Waals surface area contributed by atoms with Crippen LogP contribution in [-0.4, -0.2) is 42.1 Å². The van der Waals surface area contributed by atoms with E-state index in [1.807, 2.05) is 19.1 Å². The summed E-state index contributed by atoms with van der Waals surface area (Å²) in [5, 5.41) is 19.5. The molecule has 144 valence electrons. The van der Waals surface area contributed by atoms with Crippen LogP contribution in [0.5, 0.6) is 11.5 Å². The molecule has 2 amide bonds. The molecule has 0 fully saturated rings. The number of hydrogen-bond acceptors (Lipinski definition) is 6. The molecule has 4 rings (SSSR count). The maximum absolute atomic E-state index is 12.3. The van der Waals surface area contributed by atoms with Gasteiger partial charge < -0.3 is 14.8 Å². The van der Waals surface area contributed by atoms with Crippen LogP contribution in [0.25, 0.3) is 0 Å². The van der Waals surface area contributed by atoms with Gasteiger partial charge in [-0.3, -0.25) is 10.1 Å².